The summed E-state index contributed by atoms with van der Waals surface area (Å²) in [6, 6.07) is 29.6. The molecule has 198 valence electrons. The third-order valence-corrected chi connectivity index (χ3v) is 7.78. The number of hydrogen-bond acceptors (Lipinski definition) is 4. The van der Waals surface area contributed by atoms with Crippen LogP contribution in [0.1, 0.15) is 60.9 Å². The summed E-state index contributed by atoms with van der Waals surface area (Å²) in [5.41, 5.74) is 6.45. The second kappa shape index (κ2) is 11.2. The zero-order valence-electron chi connectivity index (χ0n) is 23.0. The van der Waals surface area contributed by atoms with Gasteiger partial charge in [-0.15, -0.1) is 0 Å². The number of aromatic amines is 1. The van der Waals surface area contributed by atoms with E-state index >= 15 is 0 Å². The van der Waals surface area contributed by atoms with Gasteiger partial charge in [0.25, 0.3) is 0 Å². The van der Waals surface area contributed by atoms with Crippen LogP contribution in [0, 0.1) is 6.92 Å². The van der Waals surface area contributed by atoms with Crippen molar-refractivity contribution >= 4 is 0 Å². The lowest BCUT2D eigenvalue weighted by molar-refractivity contribution is 0.0295. The Morgan fingerprint density at radius 2 is 1.37 bits per heavy atom. The minimum atomic E-state index is -0.766. The standard InChI is InChI=1S/C33H40N4O/c1-23-29(36-32(35-23)26-15-17-27(18-16-26)33(2,3)4)31(38)30(37-21-19-34-20-22-37)28(24-11-7-5-8-12-24)25-13-9-6-10-14-25/h5-18,28,30-31,34,38H,19-22H2,1-4H3,(H,35,36). The van der Waals surface area contributed by atoms with E-state index in [0.29, 0.717) is 0 Å². The smallest absolute Gasteiger partial charge is 0.137 e. The van der Waals surface area contributed by atoms with Gasteiger partial charge in [0, 0.05) is 43.4 Å². The first-order valence-corrected chi connectivity index (χ1v) is 13.7. The third kappa shape index (κ3) is 5.60. The molecule has 3 aromatic carbocycles. The van der Waals surface area contributed by atoms with E-state index in [9.17, 15) is 5.11 Å². The van der Waals surface area contributed by atoms with Crippen molar-refractivity contribution in [3.8, 4) is 11.4 Å². The second-order valence-corrected chi connectivity index (χ2v) is 11.4. The van der Waals surface area contributed by atoms with E-state index in [2.05, 4.69) is 121 Å². The minimum Gasteiger partial charge on any atom is -0.385 e. The molecule has 2 atom stereocenters. The zero-order chi connectivity index (χ0) is 26.7. The summed E-state index contributed by atoms with van der Waals surface area (Å²) in [4.78, 5) is 10.9. The number of rotatable bonds is 7. The van der Waals surface area contributed by atoms with Crippen molar-refractivity contribution in [3.05, 3.63) is 113 Å². The Morgan fingerprint density at radius 1 is 0.816 bits per heavy atom. The van der Waals surface area contributed by atoms with Crippen LogP contribution in [0.4, 0.5) is 0 Å². The van der Waals surface area contributed by atoms with Gasteiger partial charge in [-0.1, -0.05) is 106 Å². The number of piperazine rings is 1. The van der Waals surface area contributed by atoms with Gasteiger partial charge in [0.15, 0.2) is 0 Å². The van der Waals surface area contributed by atoms with Gasteiger partial charge < -0.3 is 15.4 Å². The average molecular weight is 509 g/mol. The van der Waals surface area contributed by atoms with Gasteiger partial charge in [-0.2, -0.15) is 0 Å². The number of aromatic nitrogens is 2. The molecular weight excluding hydrogens is 468 g/mol. The molecule has 1 aliphatic heterocycles. The Kier molecular flexibility index (Phi) is 7.80. The molecule has 5 nitrogen and oxygen atoms in total. The molecule has 5 heteroatoms. The first-order valence-electron chi connectivity index (χ1n) is 13.7. The molecule has 1 fully saturated rings. The van der Waals surface area contributed by atoms with Crippen molar-refractivity contribution in [3.63, 3.8) is 0 Å². The number of benzene rings is 3. The van der Waals surface area contributed by atoms with E-state index < -0.39 is 6.10 Å². The number of hydrogen-bond donors (Lipinski definition) is 3. The molecule has 0 spiro atoms. The molecule has 2 heterocycles. The first-order chi connectivity index (χ1) is 18.3. The molecule has 1 aromatic heterocycles. The van der Waals surface area contributed by atoms with Crippen LogP contribution in [0.15, 0.2) is 84.9 Å². The Hall–Kier alpha value is -3.25. The van der Waals surface area contributed by atoms with Crippen LogP contribution in [-0.2, 0) is 5.41 Å². The summed E-state index contributed by atoms with van der Waals surface area (Å²) in [5, 5.41) is 15.6. The monoisotopic (exact) mass is 508 g/mol. The zero-order valence-corrected chi connectivity index (χ0v) is 23.0. The average Bonchev–Trinajstić information content (AvgIpc) is 3.34. The van der Waals surface area contributed by atoms with Crippen LogP contribution < -0.4 is 5.32 Å². The molecule has 2 unspecified atom stereocenters. The van der Waals surface area contributed by atoms with E-state index in [1.807, 2.05) is 6.92 Å². The highest BCUT2D eigenvalue weighted by atomic mass is 16.3. The highest BCUT2D eigenvalue weighted by Crippen LogP contribution is 2.39. The van der Waals surface area contributed by atoms with Gasteiger partial charge >= 0.3 is 0 Å². The third-order valence-electron chi connectivity index (χ3n) is 7.78. The topological polar surface area (TPSA) is 64.2 Å². The van der Waals surface area contributed by atoms with E-state index in [-0.39, 0.29) is 17.4 Å². The van der Waals surface area contributed by atoms with Crippen LogP contribution in [0.3, 0.4) is 0 Å². The highest BCUT2D eigenvalue weighted by Gasteiger charge is 2.38. The lowest BCUT2D eigenvalue weighted by atomic mass is 9.80. The summed E-state index contributed by atoms with van der Waals surface area (Å²) in [5.74, 6) is 0.795. The van der Waals surface area contributed by atoms with E-state index in [0.717, 1.165) is 49.0 Å². The number of aryl methyl sites for hydroxylation is 1. The normalized spacial score (nSPS) is 16.5. The van der Waals surface area contributed by atoms with Crippen molar-refractivity contribution < 1.29 is 5.11 Å². The lowest BCUT2D eigenvalue weighted by Crippen LogP contribution is -2.52. The summed E-state index contributed by atoms with van der Waals surface area (Å²) in [6.45, 7) is 12.3. The molecule has 1 aliphatic rings. The number of imidazole rings is 1. The summed E-state index contributed by atoms with van der Waals surface area (Å²) in [6.07, 6.45) is -0.766. The Bertz CT molecular complexity index is 1260. The molecule has 0 amide bonds. The maximum atomic E-state index is 12.2. The number of nitrogens with zero attached hydrogens (tertiary/aromatic N) is 2. The lowest BCUT2D eigenvalue weighted by Gasteiger charge is -2.42. The quantitative estimate of drug-likeness (QED) is 0.294. The summed E-state index contributed by atoms with van der Waals surface area (Å²) < 4.78 is 0. The second-order valence-electron chi connectivity index (χ2n) is 11.4. The van der Waals surface area contributed by atoms with Crippen LogP contribution in [0.5, 0.6) is 0 Å². The molecule has 0 saturated carbocycles. The molecule has 4 aromatic rings. The van der Waals surface area contributed by atoms with E-state index in [1.165, 1.54) is 16.7 Å². The van der Waals surface area contributed by atoms with Gasteiger partial charge in [-0.3, -0.25) is 4.90 Å². The molecule has 0 aliphatic carbocycles. The van der Waals surface area contributed by atoms with E-state index in [1.54, 1.807) is 0 Å². The van der Waals surface area contributed by atoms with Gasteiger partial charge in [0.05, 0.1) is 11.7 Å². The molecule has 0 bridgehead atoms. The predicted molar refractivity (Wildman–Crippen MR) is 155 cm³/mol. The Morgan fingerprint density at radius 3 is 1.89 bits per heavy atom. The van der Waals surface area contributed by atoms with Gasteiger partial charge in [0.1, 0.15) is 11.9 Å². The fourth-order valence-electron chi connectivity index (χ4n) is 5.67. The van der Waals surface area contributed by atoms with Crippen molar-refractivity contribution in [2.75, 3.05) is 26.2 Å². The van der Waals surface area contributed by atoms with Crippen molar-refractivity contribution in [1.82, 2.24) is 20.2 Å². The van der Waals surface area contributed by atoms with Crippen molar-refractivity contribution in [1.29, 1.82) is 0 Å². The van der Waals surface area contributed by atoms with Gasteiger partial charge in [0.2, 0.25) is 0 Å². The molecule has 0 radical (unpaired) electrons. The van der Waals surface area contributed by atoms with E-state index in [4.69, 9.17) is 4.98 Å². The largest absolute Gasteiger partial charge is 0.385 e. The maximum Gasteiger partial charge on any atom is 0.137 e. The van der Waals surface area contributed by atoms with Gasteiger partial charge in [-0.05, 0) is 29.0 Å². The summed E-state index contributed by atoms with van der Waals surface area (Å²) in [7, 11) is 0. The fourth-order valence-corrected chi connectivity index (χ4v) is 5.67. The molecule has 1 saturated heterocycles. The summed E-state index contributed by atoms with van der Waals surface area (Å²) >= 11 is 0. The number of aliphatic hydroxyl groups excluding tert-OH is 1. The SMILES string of the molecule is Cc1[nH]c(-c2ccc(C(C)(C)C)cc2)nc1C(O)C(C(c1ccccc1)c1ccccc1)N1CCNCC1. The Balaban J connectivity index is 1.56. The maximum absolute atomic E-state index is 12.2. The number of H-pyrrole nitrogens is 1. The van der Waals surface area contributed by atoms with Crippen LogP contribution in [-0.4, -0.2) is 52.2 Å². The first kappa shape index (κ1) is 26.4. The molecular formula is C33H40N4O. The van der Waals surface area contributed by atoms with Gasteiger partial charge in [-0.25, -0.2) is 4.98 Å². The Labute approximate surface area is 227 Å². The highest BCUT2D eigenvalue weighted by molar-refractivity contribution is 5.57. The fraction of sp³-hybridized carbons (Fsp3) is 0.364. The minimum absolute atomic E-state index is 0.00359. The van der Waals surface area contributed by atoms with Crippen LogP contribution in [0.25, 0.3) is 11.4 Å². The molecule has 3 N–H and O–H groups in total. The van der Waals surface area contributed by atoms with Crippen molar-refractivity contribution in [2.45, 2.75) is 51.2 Å². The molecule has 5 rings (SSSR count). The predicted octanol–water partition coefficient (Wildman–Crippen LogP) is 5.82. The number of aliphatic hydroxyl groups is 1. The number of nitrogens with one attached hydrogen (secondary N) is 2. The van der Waals surface area contributed by atoms with Crippen LogP contribution >= 0.6 is 0 Å². The van der Waals surface area contributed by atoms with Crippen LogP contribution in [0.2, 0.25) is 0 Å². The molecule has 38 heavy (non-hydrogen) atoms. The van der Waals surface area contributed by atoms with Crippen molar-refractivity contribution in [2.24, 2.45) is 0 Å².